The summed E-state index contributed by atoms with van der Waals surface area (Å²) in [5.74, 6) is 0.793. The van der Waals surface area contributed by atoms with E-state index >= 15 is 0 Å². The van der Waals surface area contributed by atoms with Crippen molar-refractivity contribution in [1.29, 1.82) is 0 Å². The van der Waals surface area contributed by atoms with Crippen LogP contribution in [-0.4, -0.2) is 6.04 Å². The highest BCUT2D eigenvalue weighted by molar-refractivity contribution is 9.10. The van der Waals surface area contributed by atoms with Crippen LogP contribution in [-0.2, 0) is 0 Å². The minimum atomic E-state index is 0.645. The number of halogens is 1. The number of hydrogen-bond acceptors (Lipinski definition) is 1. The van der Waals surface area contributed by atoms with Crippen molar-refractivity contribution in [2.75, 3.05) is 5.32 Å². The molecule has 0 heterocycles. The molecule has 1 N–H and O–H groups in total. The van der Waals surface area contributed by atoms with Crippen LogP contribution in [0, 0.1) is 12.8 Å². The first-order chi connectivity index (χ1) is 7.68. The number of benzene rings is 1. The highest BCUT2D eigenvalue weighted by atomic mass is 79.9. The second-order valence-electron chi connectivity index (χ2n) is 4.95. The van der Waals surface area contributed by atoms with Gasteiger partial charge < -0.3 is 5.32 Å². The maximum absolute atomic E-state index is 3.69. The van der Waals surface area contributed by atoms with Gasteiger partial charge in [0, 0.05) is 16.2 Å². The lowest BCUT2D eigenvalue weighted by Crippen LogP contribution is -2.30. The van der Waals surface area contributed by atoms with E-state index in [-0.39, 0.29) is 0 Å². The largest absolute Gasteiger partial charge is 0.381 e. The van der Waals surface area contributed by atoms with Gasteiger partial charge in [0.25, 0.3) is 0 Å². The summed E-state index contributed by atoms with van der Waals surface area (Å²) in [5.41, 5.74) is 2.55. The van der Waals surface area contributed by atoms with Crippen LogP contribution < -0.4 is 5.32 Å². The first-order valence-electron chi connectivity index (χ1n) is 6.20. The zero-order valence-corrected chi connectivity index (χ0v) is 11.7. The standard InChI is InChI=1S/C14H20BrN/c1-10-6-3-4-8-12(10)16-13-9-5-7-11(2)14(13)15/h5,7,9-10,12,16H,3-4,6,8H2,1-2H3. The SMILES string of the molecule is Cc1cccc(NC2CCCCC2C)c1Br. The Kier molecular flexibility index (Phi) is 3.91. The number of rotatable bonds is 2. The van der Waals surface area contributed by atoms with E-state index in [4.69, 9.17) is 0 Å². The average molecular weight is 282 g/mol. The number of nitrogens with one attached hydrogen (secondary N) is 1. The lowest BCUT2D eigenvalue weighted by molar-refractivity contribution is 0.349. The van der Waals surface area contributed by atoms with Crippen molar-refractivity contribution in [2.45, 2.75) is 45.6 Å². The molecule has 0 aromatic heterocycles. The Morgan fingerprint density at radius 2 is 2.00 bits per heavy atom. The van der Waals surface area contributed by atoms with E-state index in [1.54, 1.807) is 0 Å². The minimum absolute atomic E-state index is 0.645. The van der Waals surface area contributed by atoms with E-state index in [9.17, 15) is 0 Å². The van der Waals surface area contributed by atoms with Gasteiger partial charge in [-0.1, -0.05) is 31.9 Å². The molecule has 2 rings (SSSR count). The maximum Gasteiger partial charge on any atom is 0.0489 e. The van der Waals surface area contributed by atoms with Gasteiger partial charge in [0.2, 0.25) is 0 Å². The fourth-order valence-electron chi connectivity index (χ4n) is 2.49. The lowest BCUT2D eigenvalue weighted by atomic mass is 9.86. The molecule has 1 aliphatic rings. The third-order valence-corrected chi connectivity index (χ3v) is 4.70. The molecule has 0 bridgehead atoms. The van der Waals surface area contributed by atoms with Crippen LogP contribution in [0.3, 0.4) is 0 Å². The first-order valence-corrected chi connectivity index (χ1v) is 6.99. The van der Waals surface area contributed by atoms with Crippen molar-refractivity contribution in [1.82, 2.24) is 0 Å². The second-order valence-corrected chi connectivity index (χ2v) is 5.74. The van der Waals surface area contributed by atoms with E-state index in [2.05, 4.69) is 53.3 Å². The van der Waals surface area contributed by atoms with Crippen LogP contribution in [0.25, 0.3) is 0 Å². The van der Waals surface area contributed by atoms with Gasteiger partial charge in [-0.05, 0) is 53.2 Å². The monoisotopic (exact) mass is 281 g/mol. The topological polar surface area (TPSA) is 12.0 Å². The summed E-state index contributed by atoms with van der Waals surface area (Å²) < 4.78 is 1.22. The molecule has 1 fully saturated rings. The van der Waals surface area contributed by atoms with Crippen molar-refractivity contribution >= 4 is 21.6 Å². The normalized spacial score (nSPS) is 25.4. The van der Waals surface area contributed by atoms with Crippen LogP contribution in [0.1, 0.15) is 38.2 Å². The van der Waals surface area contributed by atoms with Gasteiger partial charge in [-0.15, -0.1) is 0 Å². The van der Waals surface area contributed by atoms with E-state index < -0.39 is 0 Å². The van der Waals surface area contributed by atoms with Gasteiger partial charge in [0.15, 0.2) is 0 Å². The molecule has 1 aromatic rings. The third kappa shape index (κ3) is 2.60. The predicted molar refractivity (Wildman–Crippen MR) is 73.9 cm³/mol. The van der Waals surface area contributed by atoms with Gasteiger partial charge in [-0.25, -0.2) is 0 Å². The molecule has 1 saturated carbocycles. The smallest absolute Gasteiger partial charge is 0.0489 e. The van der Waals surface area contributed by atoms with Crippen LogP contribution >= 0.6 is 15.9 Å². The summed E-state index contributed by atoms with van der Waals surface area (Å²) >= 11 is 3.66. The zero-order chi connectivity index (χ0) is 11.5. The van der Waals surface area contributed by atoms with Crippen LogP contribution in [0.5, 0.6) is 0 Å². The van der Waals surface area contributed by atoms with Crippen molar-refractivity contribution in [3.63, 3.8) is 0 Å². The van der Waals surface area contributed by atoms with Crippen molar-refractivity contribution in [3.05, 3.63) is 28.2 Å². The number of aryl methyl sites for hydroxylation is 1. The summed E-state index contributed by atoms with van der Waals surface area (Å²) in [5, 5.41) is 3.69. The average Bonchev–Trinajstić information content (AvgIpc) is 2.28. The molecule has 88 valence electrons. The van der Waals surface area contributed by atoms with Gasteiger partial charge in [-0.2, -0.15) is 0 Å². The highest BCUT2D eigenvalue weighted by Crippen LogP contribution is 2.31. The molecule has 16 heavy (non-hydrogen) atoms. The minimum Gasteiger partial charge on any atom is -0.381 e. The Bertz CT molecular complexity index is 362. The van der Waals surface area contributed by atoms with Crippen molar-refractivity contribution in [2.24, 2.45) is 5.92 Å². The maximum atomic E-state index is 3.69. The van der Waals surface area contributed by atoms with Gasteiger partial charge in [-0.3, -0.25) is 0 Å². The summed E-state index contributed by atoms with van der Waals surface area (Å²) in [6.07, 6.45) is 5.43. The third-order valence-electron chi connectivity index (χ3n) is 3.64. The fourth-order valence-corrected chi connectivity index (χ4v) is 2.87. The molecule has 0 radical (unpaired) electrons. The molecular formula is C14H20BrN. The Morgan fingerprint density at radius 3 is 2.75 bits per heavy atom. The summed E-state index contributed by atoms with van der Waals surface area (Å²) in [4.78, 5) is 0. The number of anilines is 1. The number of hydrogen-bond donors (Lipinski definition) is 1. The molecule has 1 aromatic carbocycles. The Labute approximate surface area is 107 Å². The summed E-state index contributed by atoms with van der Waals surface area (Å²) in [7, 11) is 0. The molecule has 2 atom stereocenters. The molecule has 1 aliphatic carbocycles. The van der Waals surface area contributed by atoms with E-state index in [0.717, 1.165) is 5.92 Å². The lowest BCUT2D eigenvalue weighted by Gasteiger charge is -2.30. The van der Waals surface area contributed by atoms with Gasteiger partial charge in [0.05, 0.1) is 0 Å². The van der Waals surface area contributed by atoms with E-state index in [1.807, 2.05) is 0 Å². The van der Waals surface area contributed by atoms with Gasteiger partial charge in [0.1, 0.15) is 0 Å². The Hall–Kier alpha value is -0.500. The van der Waals surface area contributed by atoms with Crippen LogP contribution in [0.2, 0.25) is 0 Å². The first kappa shape index (κ1) is 12.0. The zero-order valence-electron chi connectivity index (χ0n) is 10.1. The Morgan fingerprint density at radius 1 is 1.25 bits per heavy atom. The predicted octanol–water partition coefficient (Wildman–Crippen LogP) is 4.75. The van der Waals surface area contributed by atoms with Crippen molar-refractivity contribution < 1.29 is 0 Å². The molecular weight excluding hydrogens is 262 g/mol. The van der Waals surface area contributed by atoms with E-state index in [0.29, 0.717) is 6.04 Å². The molecule has 2 heteroatoms. The van der Waals surface area contributed by atoms with E-state index in [1.165, 1.54) is 41.4 Å². The Balaban J connectivity index is 2.10. The molecule has 2 unspecified atom stereocenters. The second kappa shape index (κ2) is 5.22. The fraction of sp³-hybridized carbons (Fsp3) is 0.571. The molecule has 0 amide bonds. The van der Waals surface area contributed by atoms with Crippen LogP contribution in [0.15, 0.2) is 22.7 Å². The van der Waals surface area contributed by atoms with Crippen molar-refractivity contribution in [3.8, 4) is 0 Å². The molecule has 0 saturated heterocycles. The molecule has 0 aliphatic heterocycles. The van der Waals surface area contributed by atoms with Gasteiger partial charge >= 0.3 is 0 Å². The van der Waals surface area contributed by atoms with Crippen LogP contribution in [0.4, 0.5) is 5.69 Å². The molecule has 1 nitrogen and oxygen atoms in total. The summed E-state index contributed by atoms with van der Waals surface area (Å²) in [6, 6.07) is 7.07. The summed E-state index contributed by atoms with van der Waals surface area (Å²) in [6.45, 7) is 4.50. The highest BCUT2D eigenvalue weighted by Gasteiger charge is 2.21. The quantitative estimate of drug-likeness (QED) is 0.825. The molecule has 0 spiro atoms.